The van der Waals surface area contributed by atoms with Crippen LogP contribution in [0, 0.1) is 5.82 Å². The van der Waals surface area contributed by atoms with Crippen molar-refractivity contribution in [3.8, 4) is 0 Å². The highest BCUT2D eigenvalue weighted by molar-refractivity contribution is 5.79. The maximum Gasteiger partial charge on any atom is 0.191 e. The molecule has 6 heteroatoms. The molecule has 0 saturated heterocycles. The molecule has 146 valence electrons. The molecule has 0 aromatic heterocycles. The van der Waals surface area contributed by atoms with E-state index in [1.807, 2.05) is 25.1 Å². The minimum Gasteiger partial charge on any atom is -0.379 e. The topological polar surface area (TPSA) is 54.9 Å². The first-order chi connectivity index (χ1) is 13.2. The third kappa shape index (κ3) is 8.19. The molecule has 2 aromatic rings. The number of benzene rings is 2. The number of rotatable bonds is 10. The summed E-state index contributed by atoms with van der Waals surface area (Å²) in [5.74, 6) is 0.426. The summed E-state index contributed by atoms with van der Waals surface area (Å²) in [5, 5.41) is 6.45. The first-order valence-corrected chi connectivity index (χ1v) is 9.13. The summed E-state index contributed by atoms with van der Waals surface area (Å²) < 4.78 is 24.1. The van der Waals surface area contributed by atoms with E-state index < -0.39 is 0 Å². The molecule has 27 heavy (non-hydrogen) atoms. The van der Waals surface area contributed by atoms with Gasteiger partial charge < -0.3 is 20.1 Å². The molecule has 2 aromatic carbocycles. The van der Waals surface area contributed by atoms with Crippen LogP contribution in [0.2, 0.25) is 0 Å². The number of aliphatic imine (C=N–C) groups is 1. The summed E-state index contributed by atoms with van der Waals surface area (Å²) in [4.78, 5) is 4.20. The van der Waals surface area contributed by atoms with E-state index in [2.05, 4.69) is 27.8 Å². The molecule has 0 spiro atoms. The van der Waals surface area contributed by atoms with Crippen LogP contribution in [-0.4, -0.2) is 32.8 Å². The van der Waals surface area contributed by atoms with Crippen LogP contribution in [0.4, 0.5) is 4.39 Å². The van der Waals surface area contributed by atoms with Crippen molar-refractivity contribution < 1.29 is 13.9 Å². The predicted molar refractivity (Wildman–Crippen MR) is 106 cm³/mol. The van der Waals surface area contributed by atoms with Gasteiger partial charge in [0.15, 0.2) is 5.96 Å². The van der Waals surface area contributed by atoms with Crippen LogP contribution < -0.4 is 10.6 Å². The Bertz CT molecular complexity index is 722. The molecule has 0 aliphatic heterocycles. The predicted octanol–water partition coefficient (Wildman–Crippen LogP) is 3.24. The van der Waals surface area contributed by atoms with Gasteiger partial charge in [-0.2, -0.15) is 0 Å². The van der Waals surface area contributed by atoms with E-state index in [4.69, 9.17) is 9.47 Å². The van der Waals surface area contributed by atoms with Gasteiger partial charge in [-0.15, -0.1) is 0 Å². The molecule has 0 heterocycles. The van der Waals surface area contributed by atoms with Gasteiger partial charge in [0, 0.05) is 26.7 Å². The highest BCUT2D eigenvalue weighted by atomic mass is 19.1. The Morgan fingerprint density at radius 1 is 0.926 bits per heavy atom. The van der Waals surface area contributed by atoms with Crippen molar-refractivity contribution >= 4 is 5.96 Å². The molecule has 0 aliphatic rings. The first kappa shape index (κ1) is 20.9. The van der Waals surface area contributed by atoms with Crippen LogP contribution in [-0.2, 0) is 29.2 Å². The fourth-order valence-electron chi connectivity index (χ4n) is 2.52. The summed E-state index contributed by atoms with van der Waals surface area (Å²) in [7, 11) is 1.71. The van der Waals surface area contributed by atoms with Crippen molar-refractivity contribution in [2.75, 3.05) is 26.9 Å². The highest BCUT2D eigenvalue weighted by Crippen LogP contribution is 2.07. The summed E-state index contributed by atoms with van der Waals surface area (Å²) >= 11 is 0. The van der Waals surface area contributed by atoms with E-state index in [1.54, 1.807) is 13.1 Å². The number of nitrogens with zero attached hydrogens (tertiary/aromatic N) is 1. The Balaban J connectivity index is 1.77. The number of hydrogen-bond acceptors (Lipinski definition) is 3. The van der Waals surface area contributed by atoms with E-state index in [0.29, 0.717) is 45.5 Å². The average Bonchev–Trinajstić information content (AvgIpc) is 2.68. The van der Waals surface area contributed by atoms with E-state index in [1.165, 1.54) is 12.1 Å². The van der Waals surface area contributed by atoms with E-state index in [9.17, 15) is 4.39 Å². The van der Waals surface area contributed by atoms with Crippen LogP contribution in [0.5, 0.6) is 0 Å². The van der Waals surface area contributed by atoms with Crippen LogP contribution >= 0.6 is 0 Å². The van der Waals surface area contributed by atoms with Gasteiger partial charge >= 0.3 is 0 Å². The zero-order chi connectivity index (χ0) is 19.3. The number of halogens is 1. The Morgan fingerprint density at radius 3 is 2.22 bits per heavy atom. The second-order valence-corrected chi connectivity index (χ2v) is 5.98. The molecule has 5 nitrogen and oxygen atoms in total. The molecule has 0 atom stereocenters. The Kier molecular flexibility index (Phi) is 9.30. The first-order valence-electron chi connectivity index (χ1n) is 9.13. The van der Waals surface area contributed by atoms with Gasteiger partial charge in [0.05, 0.1) is 19.8 Å². The number of guanidine groups is 1. The third-order valence-electron chi connectivity index (χ3n) is 3.87. The van der Waals surface area contributed by atoms with Crippen LogP contribution in [0.1, 0.15) is 23.6 Å². The largest absolute Gasteiger partial charge is 0.379 e. The minimum absolute atomic E-state index is 0.238. The van der Waals surface area contributed by atoms with E-state index in [-0.39, 0.29) is 5.82 Å². The lowest BCUT2D eigenvalue weighted by atomic mass is 10.1. The van der Waals surface area contributed by atoms with Gasteiger partial charge in [-0.25, -0.2) is 4.39 Å². The van der Waals surface area contributed by atoms with Crippen molar-refractivity contribution in [3.63, 3.8) is 0 Å². The van der Waals surface area contributed by atoms with Crippen LogP contribution in [0.3, 0.4) is 0 Å². The van der Waals surface area contributed by atoms with Crippen molar-refractivity contribution in [3.05, 3.63) is 71.0 Å². The fraction of sp³-hybridized carbons (Fsp3) is 0.381. The fourth-order valence-corrected chi connectivity index (χ4v) is 2.52. The van der Waals surface area contributed by atoms with Crippen molar-refractivity contribution in [1.82, 2.24) is 10.6 Å². The summed E-state index contributed by atoms with van der Waals surface area (Å²) in [6, 6.07) is 14.7. The smallest absolute Gasteiger partial charge is 0.191 e. The van der Waals surface area contributed by atoms with Gasteiger partial charge in [-0.05, 0) is 35.7 Å². The SMILES string of the molecule is CCOCCOCc1cccc(CNC(=NC)NCc2cccc(F)c2)c1. The van der Waals surface area contributed by atoms with Crippen molar-refractivity contribution in [1.29, 1.82) is 0 Å². The summed E-state index contributed by atoms with van der Waals surface area (Å²) in [6.07, 6.45) is 0. The zero-order valence-corrected chi connectivity index (χ0v) is 16.0. The Morgan fingerprint density at radius 2 is 1.56 bits per heavy atom. The number of hydrogen-bond donors (Lipinski definition) is 2. The maximum absolute atomic E-state index is 13.2. The standard InChI is InChI=1S/C21H28FN3O2/c1-3-26-10-11-27-16-19-8-4-6-17(12-19)14-24-21(23-2)25-15-18-7-5-9-20(22)13-18/h4-9,12-13H,3,10-11,14-16H2,1-2H3,(H2,23,24,25). The van der Waals surface area contributed by atoms with Crippen LogP contribution in [0.15, 0.2) is 53.5 Å². The minimum atomic E-state index is -0.238. The molecule has 0 fully saturated rings. The van der Waals surface area contributed by atoms with E-state index >= 15 is 0 Å². The maximum atomic E-state index is 13.2. The molecule has 2 N–H and O–H groups in total. The van der Waals surface area contributed by atoms with Gasteiger partial charge in [0.2, 0.25) is 0 Å². The van der Waals surface area contributed by atoms with Gasteiger partial charge in [0.1, 0.15) is 5.82 Å². The molecule has 0 amide bonds. The number of ether oxygens (including phenoxy) is 2. The normalized spacial score (nSPS) is 11.4. The van der Waals surface area contributed by atoms with Crippen LogP contribution in [0.25, 0.3) is 0 Å². The summed E-state index contributed by atoms with van der Waals surface area (Å²) in [5.41, 5.74) is 3.12. The lowest BCUT2D eigenvalue weighted by molar-refractivity contribution is 0.0453. The Hall–Kier alpha value is -2.44. The second-order valence-electron chi connectivity index (χ2n) is 5.98. The molecule has 0 radical (unpaired) electrons. The lowest BCUT2D eigenvalue weighted by Crippen LogP contribution is -2.36. The van der Waals surface area contributed by atoms with Gasteiger partial charge in [0.25, 0.3) is 0 Å². The lowest BCUT2D eigenvalue weighted by Gasteiger charge is -2.13. The molecular formula is C21H28FN3O2. The average molecular weight is 373 g/mol. The van der Waals surface area contributed by atoms with E-state index in [0.717, 1.165) is 16.7 Å². The molecule has 0 saturated carbocycles. The number of nitrogens with one attached hydrogen (secondary N) is 2. The summed E-state index contributed by atoms with van der Waals surface area (Å²) in [6.45, 7) is 5.59. The second kappa shape index (κ2) is 12.0. The Labute approximate surface area is 160 Å². The molecule has 0 aliphatic carbocycles. The molecule has 0 bridgehead atoms. The highest BCUT2D eigenvalue weighted by Gasteiger charge is 2.01. The third-order valence-corrected chi connectivity index (χ3v) is 3.87. The molecule has 2 rings (SSSR count). The quantitative estimate of drug-likeness (QED) is 0.381. The van der Waals surface area contributed by atoms with Crippen molar-refractivity contribution in [2.45, 2.75) is 26.6 Å². The zero-order valence-electron chi connectivity index (χ0n) is 16.0. The molecule has 0 unspecified atom stereocenters. The monoisotopic (exact) mass is 373 g/mol. The van der Waals surface area contributed by atoms with Crippen molar-refractivity contribution in [2.24, 2.45) is 4.99 Å². The van der Waals surface area contributed by atoms with Gasteiger partial charge in [-0.3, -0.25) is 4.99 Å². The molecular weight excluding hydrogens is 345 g/mol. The van der Waals surface area contributed by atoms with Gasteiger partial charge in [-0.1, -0.05) is 36.4 Å².